The van der Waals surface area contributed by atoms with Crippen molar-refractivity contribution in [3.63, 3.8) is 0 Å². The number of rotatable bonds is 3. The highest BCUT2D eigenvalue weighted by Crippen LogP contribution is 2.38. The summed E-state index contributed by atoms with van der Waals surface area (Å²) in [5.74, 6) is 0. The first kappa shape index (κ1) is 9.15. The fraction of sp³-hybridized carbons (Fsp3) is 0.400. The van der Waals surface area contributed by atoms with Gasteiger partial charge in [-0.15, -0.1) is 0 Å². The van der Waals surface area contributed by atoms with Crippen LogP contribution in [0.5, 0.6) is 0 Å². The van der Waals surface area contributed by atoms with E-state index in [0.717, 1.165) is 18.5 Å². The second-order valence-electron chi connectivity index (χ2n) is 3.91. The summed E-state index contributed by atoms with van der Waals surface area (Å²) in [6, 6.07) is 5.44. The maximum absolute atomic E-state index is 9.12. The van der Waals surface area contributed by atoms with Gasteiger partial charge in [-0.2, -0.15) is 0 Å². The van der Waals surface area contributed by atoms with Gasteiger partial charge in [0, 0.05) is 5.69 Å². The van der Waals surface area contributed by atoms with Gasteiger partial charge in [-0.25, -0.2) is 0 Å². The van der Waals surface area contributed by atoms with Gasteiger partial charge in [0.25, 0.3) is 0 Å². The molecular weight excluding hydrogens is 178 g/mol. The van der Waals surface area contributed by atoms with Crippen LogP contribution in [0, 0.1) is 0 Å². The third kappa shape index (κ3) is 1.61. The zero-order valence-electron chi connectivity index (χ0n) is 7.96. The van der Waals surface area contributed by atoms with E-state index >= 15 is 0 Å². The lowest BCUT2D eigenvalue weighted by molar-refractivity contribution is 0.266. The number of hydrogen-bond acceptors (Lipinski definition) is 4. The predicted molar refractivity (Wildman–Crippen MR) is 57.9 cm³/mol. The van der Waals surface area contributed by atoms with Crippen molar-refractivity contribution >= 4 is 17.1 Å². The number of nitrogen functional groups attached to an aromatic ring is 2. The molecule has 2 rings (SSSR count). The van der Waals surface area contributed by atoms with E-state index in [4.69, 9.17) is 16.6 Å². The molecule has 1 aliphatic carbocycles. The first-order valence-electron chi connectivity index (χ1n) is 4.69. The number of nitrogens with one attached hydrogen (secondary N) is 1. The van der Waals surface area contributed by atoms with Gasteiger partial charge in [0.15, 0.2) is 0 Å². The van der Waals surface area contributed by atoms with Gasteiger partial charge in [-0.05, 0) is 31.0 Å². The van der Waals surface area contributed by atoms with Crippen LogP contribution in [0.1, 0.15) is 12.8 Å². The molecule has 0 atom stereocenters. The Hall–Kier alpha value is -1.42. The Bertz CT molecular complexity index is 347. The summed E-state index contributed by atoms with van der Waals surface area (Å²) in [4.78, 5) is 0. The molecule has 0 saturated heterocycles. The molecule has 4 heteroatoms. The monoisotopic (exact) mass is 193 g/mol. The third-order valence-electron chi connectivity index (χ3n) is 2.65. The molecule has 0 spiro atoms. The van der Waals surface area contributed by atoms with Crippen molar-refractivity contribution in [1.29, 1.82) is 0 Å². The van der Waals surface area contributed by atoms with Crippen LogP contribution in [0.4, 0.5) is 17.1 Å². The van der Waals surface area contributed by atoms with E-state index in [1.165, 1.54) is 0 Å². The zero-order chi connectivity index (χ0) is 10.2. The van der Waals surface area contributed by atoms with E-state index < -0.39 is 0 Å². The summed E-state index contributed by atoms with van der Waals surface area (Å²) >= 11 is 0. The van der Waals surface area contributed by atoms with Crippen molar-refractivity contribution in [2.24, 2.45) is 0 Å². The van der Waals surface area contributed by atoms with Crippen molar-refractivity contribution in [2.45, 2.75) is 18.4 Å². The van der Waals surface area contributed by atoms with Gasteiger partial charge in [0.2, 0.25) is 0 Å². The number of aliphatic hydroxyl groups excluding tert-OH is 1. The minimum Gasteiger partial charge on any atom is -0.397 e. The fourth-order valence-corrected chi connectivity index (χ4v) is 1.43. The molecule has 14 heavy (non-hydrogen) atoms. The lowest BCUT2D eigenvalue weighted by Crippen LogP contribution is -2.25. The summed E-state index contributed by atoms with van der Waals surface area (Å²) in [5, 5.41) is 12.4. The number of anilines is 3. The fourth-order valence-electron chi connectivity index (χ4n) is 1.43. The van der Waals surface area contributed by atoms with Crippen LogP contribution in [-0.4, -0.2) is 17.3 Å². The third-order valence-corrected chi connectivity index (χ3v) is 2.65. The van der Waals surface area contributed by atoms with Crippen LogP contribution in [0.15, 0.2) is 18.2 Å². The highest BCUT2D eigenvalue weighted by molar-refractivity contribution is 5.69. The van der Waals surface area contributed by atoms with Crippen molar-refractivity contribution in [3.8, 4) is 0 Å². The van der Waals surface area contributed by atoms with Gasteiger partial charge >= 0.3 is 0 Å². The SMILES string of the molecule is Nc1ccc(NC2(CO)CC2)cc1N. The average Bonchev–Trinajstić information content (AvgIpc) is 2.93. The molecule has 0 aliphatic heterocycles. The van der Waals surface area contributed by atoms with E-state index in [-0.39, 0.29) is 12.1 Å². The van der Waals surface area contributed by atoms with Crippen molar-refractivity contribution in [2.75, 3.05) is 23.4 Å². The molecule has 0 unspecified atom stereocenters. The van der Waals surface area contributed by atoms with E-state index in [2.05, 4.69) is 5.32 Å². The smallest absolute Gasteiger partial charge is 0.0661 e. The van der Waals surface area contributed by atoms with E-state index in [1.807, 2.05) is 6.07 Å². The largest absolute Gasteiger partial charge is 0.397 e. The molecule has 0 amide bonds. The van der Waals surface area contributed by atoms with Crippen LogP contribution < -0.4 is 16.8 Å². The van der Waals surface area contributed by atoms with Gasteiger partial charge in [0.1, 0.15) is 0 Å². The lowest BCUT2D eigenvalue weighted by atomic mass is 10.2. The van der Waals surface area contributed by atoms with E-state index in [9.17, 15) is 0 Å². The molecule has 4 nitrogen and oxygen atoms in total. The predicted octanol–water partition coefficient (Wildman–Crippen LogP) is 0.788. The quantitative estimate of drug-likeness (QED) is 0.535. The second kappa shape index (κ2) is 3.06. The van der Waals surface area contributed by atoms with E-state index in [1.54, 1.807) is 12.1 Å². The number of aliphatic hydroxyl groups is 1. The first-order chi connectivity index (χ1) is 6.65. The van der Waals surface area contributed by atoms with E-state index in [0.29, 0.717) is 11.4 Å². The van der Waals surface area contributed by atoms with Crippen LogP contribution >= 0.6 is 0 Å². The van der Waals surface area contributed by atoms with Crippen LogP contribution in [0.25, 0.3) is 0 Å². The molecule has 1 fully saturated rings. The van der Waals surface area contributed by atoms with Crippen LogP contribution in [0.3, 0.4) is 0 Å². The van der Waals surface area contributed by atoms with Gasteiger partial charge in [-0.3, -0.25) is 0 Å². The molecule has 76 valence electrons. The van der Waals surface area contributed by atoms with Gasteiger partial charge in [-0.1, -0.05) is 0 Å². The molecule has 1 aliphatic rings. The van der Waals surface area contributed by atoms with Crippen LogP contribution in [-0.2, 0) is 0 Å². The lowest BCUT2D eigenvalue weighted by Gasteiger charge is -2.16. The molecule has 1 aromatic carbocycles. The Balaban J connectivity index is 2.14. The Morgan fingerprint density at radius 1 is 1.29 bits per heavy atom. The Morgan fingerprint density at radius 2 is 2.00 bits per heavy atom. The average molecular weight is 193 g/mol. The zero-order valence-corrected chi connectivity index (χ0v) is 7.96. The second-order valence-corrected chi connectivity index (χ2v) is 3.91. The summed E-state index contributed by atoms with van der Waals surface area (Å²) in [6.45, 7) is 0.164. The number of benzene rings is 1. The topological polar surface area (TPSA) is 84.3 Å². The van der Waals surface area contributed by atoms with Gasteiger partial charge in [0.05, 0.1) is 23.5 Å². The highest BCUT2D eigenvalue weighted by atomic mass is 16.3. The minimum atomic E-state index is -0.109. The van der Waals surface area contributed by atoms with Crippen LogP contribution in [0.2, 0.25) is 0 Å². The summed E-state index contributed by atoms with van der Waals surface area (Å²) in [5.41, 5.74) is 13.2. The maximum atomic E-state index is 9.12. The number of hydrogen-bond donors (Lipinski definition) is 4. The minimum absolute atomic E-state index is 0.109. The molecule has 1 aromatic rings. The summed E-state index contributed by atoms with van der Waals surface area (Å²) < 4.78 is 0. The molecule has 0 radical (unpaired) electrons. The highest BCUT2D eigenvalue weighted by Gasteiger charge is 2.41. The normalized spacial score (nSPS) is 17.8. The standard InChI is InChI=1S/C10H15N3O/c11-8-2-1-7(5-9(8)12)13-10(6-14)3-4-10/h1-2,5,13-14H,3-4,6,11-12H2. The van der Waals surface area contributed by atoms with Crippen molar-refractivity contribution < 1.29 is 5.11 Å². The Labute approximate surface area is 82.9 Å². The Morgan fingerprint density at radius 3 is 2.50 bits per heavy atom. The Kier molecular flexibility index (Phi) is 2.00. The molecule has 6 N–H and O–H groups in total. The van der Waals surface area contributed by atoms with Gasteiger partial charge < -0.3 is 21.9 Å². The molecule has 0 heterocycles. The summed E-state index contributed by atoms with van der Waals surface area (Å²) in [7, 11) is 0. The van der Waals surface area contributed by atoms with Crippen molar-refractivity contribution in [3.05, 3.63) is 18.2 Å². The maximum Gasteiger partial charge on any atom is 0.0661 e. The first-order valence-corrected chi connectivity index (χ1v) is 4.69. The molecule has 1 saturated carbocycles. The van der Waals surface area contributed by atoms with Crippen molar-refractivity contribution in [1.82, 2.24) is 0 Å². The summed E-state index contributed by atoms with van der Waals surface area (Å²) in [6.07, 6.45) is 2.02. The molecular formula is C10H15N3O. The molecule has 0 bridgehead atoms. The number of nitrogens with two attached hydrogens (primary N) is 2. The molecule has 0 aromatic heterocycles.